The normalized spacial score (nSPS) is 10.7. The van der Waals surface area contributed by atoms with Crippen molar-refractivity contribution in [2.45, 2.75) is 26.3 Å². The lowest BCUT2D eigenvalue weighted by Crippen LogP contribution is -2.07. The van der Waals surface area contributed by atoms with Crippen molar-refractivity contribution in [1.29, 1.82) is 0 Å². The SMILES string of the molecule is CC(C)c1nc(N)cc(NCc2cccc(Br)c2)n1. The fourth-order valence-electron chi connectivity index (χ4n) is 1.67. The molecule has 1 aromatic heterocycles. The van der Waals surface area contributed by atoms with E-state index in [-0.39, 0.29) is 5.92 Å². The summed E-state index contributed by atoms with van der Waals surface area (Å²) in [5, 5.41) is 3.27. The van der Waals surface area contributed by atoms with Gasteiger partial charge in [-0.3, -0.25) is 0 Å². The molecule has 5 heteroatoms. The van der Waals surface area contributed by atoms with Crippen molar-refractivity contribution in [2.75, 3.05) is 11.1 Å². The minimum atomic E-state index is 0.259. The summed E-state index contributed by atoms with van der Waals surface area (Å²) in [6, 6.07) is 9.90. The van der Waals surface area contributed by atoms with Gasteiger partial charge in [0.2, 0.25) is 0 Å². The summed E-state index contributed by atoms with van der Waals surface area (Å²) in [4.78, 5) is 8.68. The molecule has 4 nitrogen and oxygen atoms in total. The van der Waals surface area contributed by atoms with Crippen LogP contribution in [0.4, 0.5) is 11.6 Å². The van der Waals surface area contributed by atoms with Crippen LogP contribution < -0.4 is 11.1 Å². The second-order valence-electron chi connectivity index (χ2n) is 4.67. The summed E-state index contributed by atoms with van der Waals surface area (Å²) in [5.74, 6) is 2.28. The number of hydrogen-bond acceptors (Lipinski definition) is 4. The number of rotatable bonds is 4. The van der Waals surface area contributed by atoms with Crippen molar-refractivity contribution in [1.82, 2.24) is 9.97 Å². The highest BCUT2D eigenvalue weighted by Crippen LogP contribution is 2.17. The van der Waals surface area contributed by atoms with Gasteiger partial charge in [-0.05, 0) is 17.7 Å². The number of benzene rings is 1. The summed E-state index contributed by atoms with van der Waals surface area (Å²) in [7, 11) is 0. The van der Waals surface area contributed by atoms with Gasteiger partial charge in [-0.1, -0.05) is 41.9 Å². The lowest BCUT2D eigenvalue weighted by atomic mass is 10.2. The Labute approximate surface area is 121 Å². The monoisotopic (exact) mass is 320 g/mol. The number of nitrogens with zero attached hydrogens (tertiary/aromatic N) is 2. The van der Waals surface area contributed by atoms with Crippen molar-refractivity contribution in [2.24, 2.45) is 0 Å². The zero-order valence-electron chi connectivity index (χ0n) is 11.0. The van der Waals surface area contributed by atoms with Gasteiger partial charge < -0.3 is 11.1 Å². The molecule has 0 aliphatic heterocycles. The van der Waals surface area contributed by atoms with Crippen LogP contribution in [0.3, 0.4) is 0 Å². The lowest BCUT2D eigenvalue weighted by Gasteiger charge is -2.10. The molecule has 0 fully saturated rings. The average Bonchev–Trinajstić information content (AvgIpc) is 2.36. The van der Waals surface area contributed by atoms with Crippen LogP contribution in [0.5, 0.6) is 0 Å². The highest BCUT2D eigenvalue weighted by Gasteiger charge is 2.06. The van der Waals surface area contributed by atoms with E-state index >= 15 is 0 Å². The van der Waals surface area contributed by atoms with Crippen LogP contribution in [0.15, 0.2) is 34.8 Å². The molecule has 0 atom stereocenters. The Morgan fingerprint density at radius 3 is 2.74 bits per heavy atom. The minimum Gasteiger partial charge on any atom is -0.384 e. The molecule has 0 saturated carbocycles. The molecular weight excluding hydrogens is 304 g/mol. The van der Waals surface area contributed by atoms with Crippen molar-refractivity contribution in [3.05, 3.63) is 46.2 Å². The molecule has 0 amide bonds. The number of nitrogen functional groups attached to an aromatic ring is 1. The van der Waals surface area contributed by atoms with Crippen LogP contribution in [0, 0.1) is 0 Å². The maximum atomic E-state index is 5.79. The molecule has 3 N–H and O–H groups in total. The third-order valence-corrected chi connectivity index (χ3v) is 3.14. The van der Waals surface area contributed by atoms with Crippen LogP contribution in [0.25, 0.3) is 0 Å². The van der Waals surface area contributed by atoms with Crippen molar-refractivity contribution in [3.63, 3.8) is 0 Å². The standard InChI is InChI=1S/C14H17BrN4/c1-9(2)14-18-12(16)7-13(19-14)17-8-10-4-3-5-11(15)6-10/h3-7,9H,8H2,1-2H3,(H3,16,17,18,19). The number of nitrogens with one attached hydrogen (secondary N) is 1. The Morgan fingerprint density at radius 1 is 1.26 bits per heavy atom. The van der Waals surface area contributed by atoms with E-state index in [0.717, 1.165) is 16.1 Å². The first-order valence-corrected chi connectivity index (χ1v) is 6.96. The summed E-state index contributed by atoms with van der Waals surface area (Å²) in [6.07, 6.45) is 0. The van der Waals surface area contributed by atoms with Crippen LogP contribution >= 0.6 is 15.9 Å². The Morgan fingerprint density at radius 2 is 2.05 bits per heavy atom. The second-order valence-corrected chi connectivity index (χ2v) is 5.59. The Balaban J connectivity index is 2.11. The molecule has 2 rings (SSSR count). The molecule has 0 aliphatic rings. The zero-order chi connectivity index (χ0) is 13.8. The molecule has 1 aromatic carbocycles. The number of hydrogen-bond donors (Lipinski definition) is 2. The van der Waals surface area contributed by atoms with E-state index in [2.05, 4.69) is 43.3 Å². The first-order valence-electron chi connectivity index (χ1n) is 6.17. The highest BCUT2D eigenvalue weighted by atomic mass is 79.9. The van der Waals surface area contributed by atoms with E-state index < -0.39 is 0 Å². The molecule has 0 radical (unpaired) electrons. The molecule has 0 unspecified atom stereocenters. The molecule has 2 aromatic rings. The first kappa shape index (κ1) is 13.8. The number of halogens is 1. The molecule has 19 heavy (non-hydrogen) atoms. The molecule has 0 aliphatic carbocycles. The molecule has 0 bridgehead atoms. The van der Waals surface area contributed by atoms with Crippen molar-refractivity contribution < 1.29 is 0 Å². The fourth-order valence-corrected chi connectivity index (χ4v) is 2.12. The maximum Gasteiger partial charge on any atom is 0.135 e. The van der Waals surface area contributed by atoms with E-state index in [4.69, 9.17) is 5.73 Å². The van der Waals surface area contributed by atoms with Crippen molar-refractivity contribution >= 4 is 27.6 Å². The Bertz CT molecular complexity index is 569. The van der Waals surface area contributed by atoms with Gasteiger partial charge in [0.05, 0.1) is 0 Å². The average molecular weight is 321 g/mol. The van der Waals surface area contributed by atoms with Crippen LogP contribution in [-0.2, 0) is 6.54 Å². The molecule has 0 spiro atoms. The first-order chi connectivity index (χ1) is 9.04. The fraction of sp³-hybridized carbons (Fsp3) is 0.286. The van der Waals surface area contributed by atoms with E-state index in [1.807, 2.05) is 26.0 Å². The Kier molecular flexibility index (Phi) is 4.37. The molecular formula is C14H17BrN4. The van der Waals surface area contributed by atoms with Gasteiger partial charge in [0, 0.05) is 23.0 Å². The van der Waals surface area contributed by atoms with Gasteiger partial charge in [-0.15, -0.1) is 0 Å². The number of nitrogens with two attached hydrogens (primary N) is 1. The van der Waals surface area contributed by atoms with Gasteiger partial charge in [0.15, 0.2) is 0 Å². The van der Waals surface area contributed by atoms with Gasteiger partial charge in [-0.2, -0.15) is 0 Å². The molecule has 1 heterocycles. The molecule has 0 saturated heterocycles. The zero-order valence-corrected chi connectivity index (χ0v) is 12.6. The second kappa shape index (κ2) is 6.02. The smallest absolute Gasteiger partial charge is 0.135 e. The lowest BCUT2D eigenvalue weighted by molar-refractivity contribution is 0.777. The third kappa shape index (κ3) is 3.92. The maximum absolute atomic E-state index is 5.79. The van der Waals surface area contributed by atoms with Gasteiger partial charge in [0.25, 0.3) is 0 Å². The van der Waals surface area contributed by atoms with Gasteiger partial charge in [-0.25, -0.2) is 9.97 Å². The quantitative estimate of drug-likeness (QED) is 0.904. The predicted molar refractivity (Wildman–Crippen MR) is 82.0 cm³/mol. The van der Waals surface area contributed by atoms with Crippen molar-refractivity contribution in [3.8, 4) is 0 Å². The number of aromatic nitrogens is 2. The highest BCUT2D eigenvalue weighted by molar-refractivity contribution is 9.10. The number of anilines is 2. The summed E-state index contributed by atoms with van der Waals surface area (Å²) >= 11 is 3.46. The molecule has 100 valence electrons. The largest absolute Gasteiger partial charge is 0.384 e. The van der Waals surface area contributed by atoms with E-state index in [1.54, 1.807) is 6.07 Å². The van der Waals surface area contributed by atoms with Crippen LogP contribution in [0.2, 0.25) is 0 Å². The van der Waals surface area contributed by atoms with Crippen LogP contribution in [0.1, 0.15) is 31.2 Å². The minimum absolute atomic E-state index is 0.259. The summed E-state index contributed by atoms with van der Waals surface area (Å²) in [5.41, 5.74) is 6.97. The van der Waals surface area contributed by atoms with Gasteiger partial charge in [0.1, 0.15) is 17.5 Å². The Hall–Kier alpha value is -1.62. The topological polar surface area (TPSA) is 63.8 Å². The third-order valence-electron chi connectivity index (χ3n) is 2.64. The van der Waals surface area contributed by atoms with E-state index in [0.29, 0.717) is 12.4 Å². The summed E-state index contributed by atoms with van der Waals surface area (Å²) in [6.45, 7) is 4.80. The summed E-state index contributed by atoms with van der Waals surface area (Å²) < 4.78 is 1.07. The van der Waals surface area contributed by atoms with E-state index in [1.165, 1.54) is 5.56 Å². The predicted octanol–water partition coefficient (Wildman–Crippen LogP) is 3.56. The van der Waals surface area contributed by atoms with Crippen LogP contribution in [-0.4, -0.2) is 9.97 Å². The van der Waals surface area contributed by atoms with E-state index in [9.17, 15) is 0 Å². The van der Waals surface area contributed by atoms with Gasteiger partial charge >= 0.3 is 0 Å².